The molecule has 7 heteroatoms. The molecule has 0 radical (unpaired) electrons. The number of carbonyl (C=O) groups is 1. The predicted octanol–water partition coefficient (Wildman–Crippen LogP) is 3.93. The summed E-state index contributed by atoms with van der Waals surface area (Å²) in [5.41, 5.74) is -0.0133. The van der Waals surface area contributed by atoms with Gasteiger partial charge in [-0.3, -0.25) is 0 Å². The van der Waals surface area contributed by atoms with Crippen LogP contribution >= 0.6 is 11.3 Å². The number of ether oxygens (including phenoxy) is 1. The van der Waals surface area contributed by atoms with E-state index in [0.717, 1.165) is 12.1 Å². The quantitative estimate of drug-likeness (QED) is 0.803. The van der Waals surface area contributed by atoms with Gasteiger partial charge in [0, 0.05) is 11.8 Å². The van der Waals surface area contributed by atoms with Crippen molar-refractivity contribution >= 4 is 17.3 Å². The van der Waals surface area contributed by atoms with Crippen LogP contribution in [0.3, 0.4) is 0 Å². The van der Waals surface area contributed by atoms with E-state index < -0.39 is 17.7 Å². The van der Waals surface area contributed by atoms with Crippen molar-refractivity contribution < 1.29 is 22.7 Å². The Labute approximate surface area is 123 Å². The molecule has 0 saturated heterocycles. The molecule has 0 unspecified atom stereocenters. The number of thiazole rings is 1. The summed E-state index contributed by atoms with van der Waals surface area (Å²) in [4.78, 5) is 15.5. The highest BCUT2D eigenvalue weighted by molar-refractivity contribution is 7.09. The lowest BCUT2D eigenvalue weighted by Crippen LogP contribution is -2.06. The first-order chi connectivity index (χ1) is 9.90. The van der Waals surface area contributed by atoms with Gasteiger partial charge in [-0.1, -0.05) is 18.2 Å². The molecule has 0 aliphatic heterocycles. The molecule has 0 fully saturated rings. The molecule has 0 spiro atoms. The van der Waals surface area contributed by atoms with Gasteiger partial charge in [-0.15, -0.1) is 11.3 Å². The summed E-state index contributed by atoms with van der Waals surface area (Å²) in [5.74, 6) is -0.524. The standard InChI is InChI=1S/C14H12F3NO2S/c1-2-20-13(19)11-8-21-12(18-11)7-9-4-3-5-10(6-9)14(15,16)17/h3-6,8H,2,7H2,1H3. The molecule has 1 heterocycles. The number of hydrogen-bond donors (Lipinski definition) is 0. The zero-order valence-electron chi connectivity index (χ0n) is 11.1. The van der Waals surface area contributed by atoms with Crippen molar-refractivity contribution in [3.8, 4) is 0 Å². The van der Waals surface area contributed by atoms with Gasteiger partial charge < -0.3 is 4.74 Å². The number of alkyl halides is 3. The highest BCUT2D eigenvalue weighted by Crippen LogP contribution is 2.30. The van der Waals surface area contributed by atoms with Gasteiger partial charge in [-0.2, -0.15) is 13.2 Å². The van der Waals surface area contributed by atoms with E-state index in [1.54, 1.807) is 18.4 Å². The molecular formula is C14H12F3NO2S. The Kier molecular flexibility index (Phi) is 4.62. The van der Waals surface area contributed by atoms with Crippen LogP contribution < -0.4 is 0 Å². The third-order valence-corrected chi connectivity index (χ3v) is 3.49. The Morgan fingerprint density at radius 2 is 2.14 bits per heavy atom. The van der Waals surface area contributed by atoms with Crippen molar-refractivity contribution in [1.29, 1.82) is 0 Å². The second-order valence-electron chi connectivity index (χ2n) is 4.22. The fraction of sp³-hybridized carbons (Fsp3) is 0.286. The summed E-state index contributed by atoms with van der Waals surface area (Å²) in [6.45, 7) is 1.94. The van der Waals surface area contributed by atoms with Crippen molar-refractivity contribution in [3.05, 3.63) is 51.5 Å². The van der Waals surface area contributed by atoms with E-state index in [0.29, 0.717) is 10.6 Å². The molecule has 1 aromatic carbocycles. The average Bonchev–Trinajstić information content (AvgIpc) is 2.87. The first-order valence-corrected chi connectivity index (χ1v) is 7.05. The van der Waals surface area contributed by atoms with Crippen LogP contribution in [0, 0.1) is 0 Å². The number of rotatable bonds is 4. The summed E-state index contributed by atoms with van der Waals surface area (Å²) in [6, 6.07) is 5.07. The predicted molar refractivity (Wildman–Crippen MR) is 72.3 cm³/mol. The van der Waals surface area contributed by atoms with Gasteiger partial charge in [0.2, 0.25) is 0 Å². The minimum atomic E-state index is -4.37. The van der Waals surface area contributed by atoms with Crippen LogP contribution in [0.2, 0.25) is 0 Å². The Morgan fingerprint density at radius 1 is 1.38 bits per heavy atom. The zero-order valence-corrected chi connectivity index (χ0v) is 11.9. The van der Waals surface area contributed by atoms with Gasteiger partial charge in [-0.25, -0.2) is 9.78 Å². The molecular weight excluding hydrogens is 303 g/mol. The lowest BCUT2D eigenvalue weighted by molar-refractivity contribution is -0.137. The van der Waals surface area contributed by atoms with Gasteiger partial charge in [0.1, 0.15) is 0 Å². The lowest BCUT2D eigenvalue weighted by atomic mass is 10.1. The van der Waals surface area contributed by atoms with E-state index in [2.05, 4.69) is 4.98 Å². The molecule has 0 N–H and O–H groups in total. The summed E-state index contributed by atoms with van der Waals surface area (Å²) in [5, 5.41) is 2.11. The van der Waals surface area contributed by atoms with E-state index in [9.17, 15) is 18.0 Å². The van der Waals surface area contributed by atoms with Gasteiger partial charge >= 0.3 is 12.1 Å². The van der Waals surface area contributed by atoms with E-state index in [1.807, 2.05) is 0 Å². The normalized spacial score (nSPS) is 11.4. The summed E-state index contributed by atoms with van der Waals surface area (Å²) in [6.07, 6.45) is -4.12. The molecule has 0 saturated carbocycles. The summed E-state index contributed by atoms with van der Waals surface area (Å²) >= 11 is 1.22. The molecule has 0 bridgehead atoms. The second-order valence-corrected chi connectivity index (χ2v) is 5.16. The van der Waals surface area contributed by atoms with Crippen LogP contribution in [-0.2, 0) is 17.3 Å². The number of hydrogen-bond acceptors (Lipinski definition) is 4. The topological polar surface area (TPSA) is 39.2 Å². The third kappa shape index (κ3) is 4.04. The van der Waals surface area contributed by atoms with Crippen LogP contribution in [0.1, 0.15) is 33.5 Å². The zero-order chi connectivity index (χ0) is 15.5. The maximum atomic E-state index is 12.6. The highest BCUT2D eigenvalue weighted by atomic mass is 32.1. The Balaban J connectivity index is 2.14. The van der Waals surface area contributed by atoms with Crippen LogP contribution in [0.15, 0.2) is 29.6 Å². The Morgan fingerprint density at radius 3 is 2.81 bits per heavy atom. The van der Waals surface area contributed by atoms with Crippen LogP contribution in [-0.4, -0.2) is 17.6 Å². The van der Waals surface area contributed by atoms with E-state index in [1.165, 1.54) is 17.4 Å². The molecule has 112 valence electrons. The number of benzene rings is 1. The Hall–Kier alpha value is -1.89. The maximum absolute atomic E-state index is 12.6. The first-order valence-electron chi connectivity index (χ1n) is 6.18. The van der Waals surface area contributed by atoms with E-state index in [4.69, 9.17) is 4.74 Å². The van der Waals surface area contributed by atoms with Crippen molar-refractivity contribution in [2.75, 3.05) is 6.61 Å². The minimum Gasteiger partial charge on any atom is -0.461 e. The Bertz CT molecular complexity index is 637. The van der Waals surface area contributed by atoms with E-state index in [-0.39, 0.29) is 18.7 Å². The number of halogens is 3. The third-order valence-electron chi connectivity index (χ3n) is 2.65. The SMILES string of the molecule is CCOC(=O)c1csc(Cc2cccc(C(F)(F)F)c2)n1. The monoisotopic (exact) mass is 315 g/mol. The molecule has 1 aromatic heterocycles. The molecule has 0 aliphatic carbocycles. The molecule has 21 heavy (non-hydrogen) atoms. The molecule has 0 atom stereocenters. The molecule has 0 amide bonds. The second kappa shape index (κ2) is 6.26. The fourth-order valence-corrected chi connectivity index (χ4v) is 2.52. The summed E-state index contributed by atoms with van der Waals surface area (Å²) < 4.78 is 42.7. The average molecular weight is 315 g/mol. The first kappa shape index (κ1) is 15.5. The van der Waals surface area contributed by atoms with Gasteiger partial charge in [-0.05, 0) is 18.6 Å². The number of aromatic nitrogens is 1. The molecule has 3 nitrogen and oxygen atoms in total. The van der Waals surface area contributed by atoms with Gasteiger partial charge in [0.25, 0.3) is 0 Å². The largest absolute Gasteiger partial charge is 0.461 e. The fourth-order valence-electron chi connectivity index (χ4n) is 1.72. The van der Waals surface area contributed by atoms with Crippen molar-refractivity contribution in [2.24, 2.45) is 0 Å². The van der Waals surface area contributed by atoms with Crippen molar-refractivity contribution in [3.63, 3.8) is 0 Å². The highest BCUT2D eigenvalue weighted by Gasteiger charge is 2.30. The van der Waals surface area contributed by atoms with Crippen molar-refractivity contribution in [2.45, 2.75) is 19.5 Å². The molecule has 2 aromatic rings. The van der Waals surface area contributed by atoms with E-state index >= 15 is 0 Å². The smallest absolute Gasteiger partial charge is 0.416 e. The molecule has 2 rings (SSSR count). The van der Waals surface area contributed by atoms with Crippen LogP contribution in [0.5, 0.6) is 0 Å². The molecule has 0 aliphatic rings. The number of nitrogens with zero attached hydrogens (tertiary/aromatic N) is 1. The number of carbonyl (C=O) groups excluding carboxylic acids is 1. The maximum Gasteiger partial charge on any atom is 0.416 e. The van der Waals surface area contributed by atoms with Gasteiger partial charge in [0.15, 0.2) is 5.69 Å². The van der Waals surface area contributed by atoms with Gasteiger partial charge in [0.05, 0.1) is 17.2 Å². The van der Waals surface area contributed by atoms with Crippen LogP contribution in [0.4, 0.5) is 13.2 Å². The van der Waals surface area contributed by atoms with Crippen molar-refractivity contribution in [1.82, 2.24) is 4.98 Å². The lowest BCUT2D eigenvalue weighted by Gasteiger charge is -2.07. The minimum absolute atomic E-state index is 0.184. The van der Waals surface area contributed by atoms with Crippen LogP contribution in [0.25, 0.3) is 0 Å². The summed E-state index contributed by atoms with van der Waals surface area (Å²) in [7, 11) is 0. The number of esters is 1.